The van der Waals surface area contributed by atoms with Crippen LogP contribution in [0.15, 0.2) is 4.52 Å². The van der Waals surface area contributed by atoms with Crippen molar-refractivity contribution in [3.05, 3.63) is 11.7 Å². The van der Waals surface area contributed by atoms with Gasteiger partial charge in [0.05, 0.1) is 12.2 Å². The van der Waals surface area contributed by atoms with Crippen molar-refractivity contribution in [2.24, 2.45) is 0 Å². The molecule has 1 saturated heterocycles. The summed E-state index contributed by atoms with van der Waals surface area (Å²) >= 11 is 0. The number of carbonyl (C=O) groups is 4. The first kappa shape index (κ1) is 35.7. The molecule has 1 aliphatic rings. The number of alkyl carbamates (subject to hydrolysis) is 1. The average molecular weight is 614 g/mol. The zero-order valence-corrected chi connectivity index (χ0v) is 26.6. The number of aromatic nitrogens is 2. The highest BCUT2D eigenvalue weighted by Gasteiger charge is 2.42. The quantitative estimate of drug-likeness (QED) is 0.266. The highest BCUT2D eigenvalue weighted by Crippen LogP contribution is 2.32. The van der Waals surface area contributed by atoms with E-state index in [9.17, 15) is 24.3 Å². The molecule has 1 fully saturated rings. The van der Waals surface area contributed by atoms with Gasteiger partial charge < -0.3 is 44.5 Å². The molecule has 1 aromatic heterocycles. The van der Waals surface area contributed by atoms with Crippen LogP contribution in [0, 0.1) is 0 Å². The van der Waals surface area contributed by atoms with Crippen molar-refractivity contribution in [2.75, 3.05) is 19.8 Å². The van der Waals surface area contributed by atoms with Gasteiger partial charge in [-0.3, -0.25) is 4.79 Å². The number of hydrogen-bond donors (Lipinski definition) is 4. The van der Waals surface area contributed by atoms with Gasteiger partial charge in [-0.1, -0.05) is 5.16 Å². The predicted molar refractivity (Wildman–Crippen MR) is 152 cm³/mol. The van der Waals surface area contributed by atoms with Crippen molar-refractivity contribution in [3.63, 3.8) is 0 Å². The summed E-state index contributed by atoms with van der Waals surface area (Å²) in [5.74, 6) is -1.76. The van der Waals surface area contributed by atoms with Crippen LogP contribution in [0.4, 0.5) is 9.59 Å². The number of amides is 3. The zero-order valence-electron chi connectivity index (χ0n) is 26.6. The van der Waals surface area contributed by atoms with E-state index in [0.717, 1.165) is 0 Å². The molecule has 15 heteroatoms. The summed E-state index contributed by atoms with van der Waals surface area (Å²) in [6, 6.07) is -3.02. The zero-order chi connectivity index (χ0) is 32.6. The van der Waals surface area contributed by atoms with Gasteiger partial charge in [-0.25, -0.2) is 14.4 Å². The summed E-state index contributed by atoms with van der Waals surface area (Å²) in [4.78, 5) is 54.5. The molecule has 43 heavy (non-hydrogen) atoms. The second-order valence-corrected chi connectivity index (χ2v) is 13.4. The summed E-state index contributed by atoms with van der Waals surface area (Å²) in [7, 11) is 0. The van der Waals surface area contributed by atoms with Gasteiger partial charge in [0.2, 0.25) is 5.89 Å². The number of nitrogens with zero attached hydrogens (tertiary/aromatic N) is 2. The number of esters is 1. The Morgan fingerprint density at radius 2 is 1.53 bits per heavy atom. The molecule has 1 aromatic rings. The van der Waals surface area contributed by atoms with Crippen LogP contribution in [0.1, 0.15) is 106 Å². The van der Waals surface area contributed by atoms with Crippen LogP contribution >= 0.6 is 0 Å². The molecular weight excluding hydrogens is 566 g/mol. The molecule has 0 spiro atoms. The molecule has 2 unspecified atom stereocenters. The highest BCUT2D eigenvalue weighted by atomic mass is 16.6. The van der Waals surface area contributed by atoms with Crippen LogP contribution in [0.5, 0.6) is 0 Å². The molecule has 0 radical (unpaired) electrons. The topological polar surface area (TPSA) is 200 Å². The van der Waals surface area contributed by atoms with Crippen LogP contribution in [0.25, 0.3) is 0 Å². The summed E-state index contributed by atoms with van der Waals surface area (Å²) in [6.45, 7) is 16.2. The van der Waals surface area contributed by atoms with Gasteiger partial charge in [0, 0.05) is 32.5 Å². The van der Waals surface area contributed by atoms with E-state index in [4.69, 9.17) is 23.5 Å². The van der Waals surface area contributed by atoms with Crippen molar-refractivity contribution in [1.82, 2.24) is 26.1 Å². The highest BCUT2D eigenvalue weighted by molar-refractivity contribution is 5.84. The second-order valence-electron chi connectivity index (χ2n) is 13.4. The van der Waals surface area contributed by atoms with Crippen molar-refractivity contribution in [3.8, 4) is 0 Å². The molecule has 1 aliphatic heterocycles. The lowest BCUT2D eigenvalue weighted by molar-refractivity contribution is -0.160. The van der Waals surface area contributed by atoms with E-state index >= 15 is 0 Å². The molecule has 0 saturated carbocycles. The Morgan fingerprint density at radius 1 is 0.930 bits per heavy atom. The fourth-order valence-electron chi connectivity index (χ4n) is 3.95. The normalized spacial score (nSPS) is 16.9. The fourth-order valence-corrected chi connectivity index (χ4v) is 3.95. The smallest absolute Gasteiger partial charge is 0.408 e. The van der Waals surface area contributed by atoms with Gasteiger partial charge in [0.25, 0.3) is 0 Å². The van der Waals surface area contributed by atoms with Crippen molar-refractivity contribution in [1.29, 1.82) is 0 Å². The van der Waals surface area contributed by atoms with Gasteiger partial charge in [-0.15, -0.1) is 0 Å². The van der Waals surface area contributed by atoms with Crippen LogP contribution in [0.3, 0.4) is 0 Å². The molecule has 0 bridgehead atoms. The summed E-state index contributed by atoms with van der Waals surface area (Å²) in [6.07, 6.45) is -0.462. The number of nitrogens with one attached hydrogen (secondary N) is 3. The Hall–Kier alpha value is -3.46. The Balaban J connectivity index is 2.29. The lowest BCUT2D eigenvalue weighted by Gasteiger charge is -2.35. The number of urea groups is 1. The lowest BCUT2D eigenvalue weighted by atomic mass is 9.89. The molecule has 2 rings (SSSR count). The molecule has 4 N–H and O–H groups in total. The van der Waals surface area contributed by atoms with E-state index in [1.165, 1.54) is 0 Å². The third-order valence-electron chi connectivity index (χ3n) is 5.89. The van der Waals surface area contributed by atoms with Crippen LogP contribution < -0.4 is 16.0 Å². The van der Waals surface area contributed by atoms with Gasteiger partial charge in [0.15, 0.2) is 11.9 Å². The molecule has 2 atom stereocenters. The maximum absolute atomic E-state index is 13.1. The number of hydrogen-bond acceptors (Lipinski definition) is 11. The number of carbonyl (C=O) groups excluding carboxylic acids is 3. The molecule has 15 nitrogen and oxygen atoms in total. The summed E-state index contributed by atoms with van der Waals surface area (Å²) in [5.41, 5.74) is -3.23. The monoisotopic (exact) mass is 613 g/mol. The van der Waals surface area contributed by atoms with E-state index in [1.807, 2.05) is 0 Å². The standard InChI is InChI=1S/C28H47N5O10/c1-25(2,3)40-16-18(21(36)41-26(4,5)6)30-23(37)29-17(10-11-19(34)35)20-31-22(33-43-20)28(12-14-39-15-13-28)32-24(38)42-27(7,8)9/h17-18H,10-16H2,1-9H3,(H,32,38)(H,34,35)(H2,29,30,37). The Bertz CT molecular complexity index is 1110. The first-order chi connectivity index (χ1) is 19.7. The van der Waals surface area contributed by atoms with Crippen LogP contribution in [-0.4, -0.2) is 82.0 Å². The van der Waals surface area contributed by atoms with Gasteiger partial charge in [-0.05, 0) is 68.7 Å². The van der Waals surface area contributed by atoms with Crippen molar-refractivity contribution < 1.29 is 47.8 Å². The SMILES string of the molecule is CC(C)(C)OCC(NC(=O)NC(CCC(=O)O)c1nc(C2(NC(=O)OC(C)(C)C)CCOCC2)no1)C(=O)OC(C)(C)C. The number of carboxylic acids is 1. The van der Waals surface area contributed by atoms with E-state index in [-0.39, 0.29) is 31.2 Å². The first-order valence-corrected chi connectivity index (χ1v) is 14.3. The number of aliphatic carboxylic acids is 1. The summed E-state index contributed by atoms with van der Waals surface area (Å²) in [5, 5.41) is 21.4. The molecular formula is C28H47N5O10. The molecule has 244 valence electrons. The van der Waals surface area contributed by atoms with Crippen molar-refractivity contribution >= 4 is 24.1 Å². The lowest BCUT2D eigenvalue weighted by Crippen LogP contribution is -2.52. The first-order valence-electron chi connectivity index (χ1n) is 14.3. The largest absolute Gasteiger partial charge is 0.481 e. The second kappa shape index (κ2) is 14.3. The van der Waals surface area contributed by atoms with Gasteiger partial charge in [-0.2, -0.15) is 4.98 Å². The molecule has 2 heterocycles. The van der Waals surface area contributed by atoms with Crippen LogP contribution in [0.2, 0.25) is 0 Å². The Labute approximate surface area is 252 Å². The number of rotatable bonds is 11. The van der Waals surface area contributed by atoms with E-state index in [1.54, 1.807) is 62.3 Å². The minimum absolute atomic E-state index is 0.0805. The fraction of sp³-hybridized carbons (Fsp3) is 0.786. The van der Waals surface area contributed by atoms with E-state index in [0.29, 0.717) is 26.1 Å². The minimum Gasteiger partial charge on any atom is -0.481 e. The molecule has 0 aromatic carbocycles. The third kappa shape index (κ3) is 12.7. The molecule has 3 amide bonds. The van der Waals surface area contributed by atoms with E-state index < -0.39 is 58.5 Å². The Kier molecular flexibility index (Phi) is 11.9. The van der Waals surface area contributed by atoms with Crippen molar-refractivity contribution in [2.45, 2.75) is 122 Å². The maximum Gasteiger partial charge on any atom is 0.408 e. The van der Waals surface area contributed by atoms with Gasteiger partial charge >= 0.3 is 24.1 Å². The molecule has 0 aliphatic carbocycles. The van der Waals surface area contributed by atoms with Crippen LogP contribution in [-0.2, 0) is 34.1 Å². The maximum atomic E-state index is 13.1. The average Bonchev–Trinajstić information content (AvgIpc) is 3.33. The third-order valence-corrected chi connectivity index (χ3v) is 5.89. The predicted octanol–water partition coefficient (Wildman–Crippen LogP) is 3.33. The minimum atomic E-state index is -1.17. The number of ether oxygens (including phenoxy) is 4. The van der Waals surface area contributed by atoms with E-state index in [2.05, 4.69) is 26.1 Å². The number of carboxylic acid groups (broad SMARTS) is 1. The Morgan fingerprint density at radius 3 is 2.07 bits per heavy atom. The summed E-state index contributed by atoms with van der Waals surface area (Å²) < 4.78 is 27.6. The van der Waals surface area contributed by atoms with Gasteiger partial charge in [0.1, 0.15) is 22.8 Å².